The zero-order valence-corrected chi connectivity index (χ0v) is 7.87. The van der Waals surface area contributed by atoms with Crippen molar-refractivity contribution in [2.75, 3.05) is 6.61 Å². The van der Waals surface area contributed by atoms with Crippen LogP contribution in [-0.2, 0) is 5.54 Å². The molecule has 0 heterocycles. The van der Waals surface area contributed by atoms with Gasteiger partial charge in [0.25, 0.3) is 0 Å². The Morgan fingerprint density at radius 3 is 2.57 bits per heavy atom. The first-order valence-electron chi connectivity index (χ1n) is 4.29. The number of benzene rings is 1. The Bertz CT molecular complexity index is 315. The van der Waals surface area contributed by atoms with Crippen LogP contribution in [0, 0.1) is 5.82 Å². The maximum atomic E-state index is 13.3. The van der Waals surface area contributed by atoms with Gasteiger partial charge in [0.1, 0.15) is 12.0 Å². The van der Waals surface area contributed by atoms with E-state index in [2.05, 4.69) is 0 Å². The summed E-state index contributed by atoms with van der Waals surface area (Å²) in [7, 11) is 0. The largest absolute Gasteiger partial charge is 0.393 e. The summed E-state index contributed by atoms with van der Waals surface area (Å²) < 4.78 is 26.5. The van der Waals surface area contributed by atoms with Crippen LogP contribution in [0.1, 0.15) is 12.5 Å². The number of hydrogen-bond acceptors (Lipinski definition) is 2. The standard InChI is InChI=1S/C10H13F2NO/c1-10(13,9(12)6-14)7-4-2-3-5-8(7)11/h2-5,9,14H,6,13H2,1H3/t9-,10-/m1/s1. The fourth-order valence-corrected chi connectivity index (χ4v) is 1.26. The van der Waals surface area contributed by atoms with Gasteiger partial charge in [-0.25, -0.2) is 8.78 Å². The third-order valence-electron chi connectivity index (χ3n) is 2.27. The van der Waals surface area contributed by atoms with E-state index in [4.69, 9.17) is 10.8 Å². The summed E-state index contributed by atoms with van der Waals surface area (Å²) >= 11 is 0. The molecule has 2 atom stereocenters. The molecular formula is C10H13F2NO. The van der Waals surface area contributed by atoms with Crippen LogP contribution in [0.2, 0.25) is 0 Å². The van der Waals surface area contributed by atoms with Gasteiger partial charge in [-0.1, -0.05) is 18.2 Å². The highest BCUT2D eigenvalue weighted by atomic mass is 19.1. The van der Waals surface area contributed by atoms with Gasteiger partial charge in [-0.3, -0.25) is 0 Å². The molecule has 78 valence electrons. The normalized spacial score (nSPS) is 17.5. The minimum atomic E-state index is -1.68. The summed E-state index contributed by atoms with van der Waals surface area (Å²) in [6.45, 7) is 0.633. The van der Waals surface area contributed by atoms with Gasteiger partial charge in [-0.15, -0.1) is 0 Å². The highest BCUT2D eigenvalue weighted by Gasteiger charge is 2.33. The number of nitrogens with two attached hydrogens (primary N) is 1. The fraction of sp³-hybridized carbons (Fsp3) is 0.400. The predicted molar refractivity (Wildman–Crippen MR) is 49.9 cm³/mol. The van der Waals surface area contributed by atoms with Gasteiger partial charge in [-0.05, 0) is 13.0 Å². The van der Waals surface area contributed by atoms with E-state index in [0.29, 0.717) is 0 Å². The maximum absolute atomic E-state index is 13.3. The van der Waals surface area contributed by atoms with Gasteiger partial charge in [0.15, 0.2) is 0 Å². The van der Waals surface area contributed by atoms with Gasteiger partial charge in [-0.2, -0.15) is 0 Å². The third-order valence-corrected chi connectivity index (χ3v) is 2.27. The summed E-state index contributed by atoms with van der Waals surface area (Å²) in [5, 5.41) is 8.65. The molecule has 1 aromatic rings. The molecule has 0 saturated heterocycles. The SMILES string of the molecule is C[C@@](N)(c1ccccc1F)[C@H](F)CO. The van der Waals surface area contributed by atoms with Crippen LogP contribution < -0.4 is 5.73 Å². The quantitative estimate of drug-likeness (QED) is 0.775. The first-order valence-corrected chi connectivity index (χ1v) is 4.29. The molecule has 0 saturated carbocycles. The number of hydrogen-bond donors (Lipinski definition) is 2. The molecule has 1 aromatic carbocycles. The molecular weight excluding hydrogens is 188 g/mol. The Labute approximate surface area is 81.4 Å². The summed E-state index contributed by atoms with van der Waals surface area (Å²) in [6.07, 6.45) is -1.68. The summed E-state index contributed by atoms with van der Waals surface area (Å²) in [4.78, 5) is 0. The number of halogens is 2. The second-order valence-electron chi connectivity index (χ2n) is 3.41. The van der Waals surface area contributed by atoms with Crippen molar-refractivity contribution in [1.29, 1.82) is 0 Å². The zero-order chi connectivity index (χ0) is 10.8. The number of aliphatic hydroxyl groups is 1. The molecule has 0 aliphatic rings. The smallest absolute Gasteiger partial charge is 0.145 e. The lowest BCUT2D eigenvalue weighted by Gasteiger charge is -2.28. The minimum absolute atomic E-state index is 0.0709. The molecule has 0 aromatic heterocycles. The average molecular weight is 201 g/mol. The topological polar surface area (TPSA) is 46.2 Å². The second kappa shape index (κ2) is 4.02. The van der Waals surface area contributed by atoms with E-state index < -0.39 is 24.1 Å². The third kappa shape index (κ3) is 1.91. The van der Waals surface area contributed by atoms with Crippen LogP contribution in [0.4, 0.5) is 8.78 Å². The van der Waals surface area contributed by atoms with Crippen LogP contribution >= 0.6 is 0 Å². The van der Waals surface area contributed by atoms with Gasteiger partial charge < -0.3 is 10.8 Å². The van der Waals surface area contributed by atoms with E-state index >= 15 is 0 Å². The highest BCUT2D eigenvalue weighted by Crippen LogP contribution is 2.25. The number of rotatable bonds is 3. The van der Waals surface area contributed by atoms with Gasteiger partial charge in [0, 0.05) is 5.56 Å². The molecule has 0 aliphatic carbocycles. The van der Waals surface area contributed by atoms with Crippen molar-refractivity contribution in [2.45, 2.75) is 18.6 Å². The minimum Gasteiger partial charge on any atom is -0.393 e. The monoisotopic (exact) mass is 201 g/mol. The van der Waals surface area contributed by atoms with Crippen molar-refractivity contribution in [3.63, 3.8) is 0 Å². The summed E-state index contributed by atoms with van der Waals surface area (Å²) in [5.74, 6) is -0.561. The van der Waals surface area contributed by atoms with E-state index in [1.54, 1.807) is 6.07 Å². The number of alkyl halides is 1. The Balaban J connectivity index is 3.09. The Hall–Kier alpha value is -1.00. The van der Waals surface area contributed by atoms with E-state index in [0.717, 1.165) is 0 Å². The van der Waals surface area contributed by atoms with Crippen molar-refractivity contribution in [1.82, 2.24) is 0 Å². The van der Waals surface area contributed by atoms with Crippen molar-refractivity contribution in [3.05, 3.63) is 35.6 Å². The second-order valence-corrected chi connectivity index (χ2v) is 3.41. The molecule has 0 amide bonds. The lowest BCUT2D eigenvalue weighted by molar-refractivity contribution is 0.111. The molecule has 3 N–H and O–H groups in total. The summed E-state index contributed by atoms with van der Waals surface area (Å²) in [6, 6.07) is 5.71. The highest BCUT2D eigenvalue weighted by molar-refractivity contribution is 5.26. The van der Waals surface area contributed by atoms with Crippen molar-refractivity contribution < 1.29 is 13.9 Å². The predicted octanol–water partition coefficient (Wildman–Crippen LogP) is 1.33. The molecule has 0 unspecified atom stereocenters. The summed E-state index contributed by atoms with van der Waals surface area (Å²) in [5.41, 5.74) is 4.19. The molecule has 0 radical (unpaired) electrons. The molecule has 0 bridgehead atoms. The van der Waals surface area contributed by atoms with Crippen LogP contribution in [0.15, 0.2) is 24.3 Å². The van der Waals surface area contributed by atoms with E-state index in [1.807, 2.05) is 0 Å². The van der Waals surface area contributed by atoms with Crippen LogP contribution in [0.3, 0.4) is 0 Å². The van der Waals surface area contributed by atoms with Crippen LogP contribution in [0.5, 0.6) is 0 Å². The average Bonchev–Trinajstić information content (AvgIpc) is 2.17. The lowest BCUT2D eigenvalue weighted by atomic mass is 9.88. The van der Waals surface area contributed by atoms with Gasteiger partial charge >= 0.3 is 0 Å². The van der Waals surface area contributed by atoms with Crippen molar-refractivity contribution >= 4 is 0 Å². The first kappa shape index (κ1) is 11.1. The fourth-order valence-electron chi connectivity index (χ4n) is 1.26. The van der Waals surface area contributed by atoms with Crippen LogP contribution in [0.25, 0.3) is 0 Å². The zero-order valence-electron chi connectivity index (χ0n) is 7.87. The van der Waals surface area contributed by atoms with Crippen LogP contribution in [-0.4, -0.2) is 17.9 Å². The Kier molecular flexibility index (Phi) is 3.18. The van der Waals surface area contributed by atoms with Crippen molar-refractivity contribution in [2.24, 2.45) is 5.73 Å². The number of aliphatic hydroxyl groups excluding tert-OH is 1. The molecule has 4 heteroatoms. The first-order chi connectivity index (χ1) is 6.50. The van der Waals surface area contributed by atoms with Gasteiger partial charge in [0.05, 0.1) is 12.1 Å². The van der Waals surface area contributed by atoms with E-state index in [1.165, 1.54) is 25.1 Å². The lowest BCUT2D eigenvalue weighted by Crippen LogP contribution is -2.45. The molecule has 2 nitrogen and oxygen atoms in total. The molecule has 1 rings (SSSR count). The molecule has 14 heavy (non-hydrogen) atoms. The molecule has 0 fully saturated rings. The van der Waals surface area contributed by atoms with Crippen molar-refractivity contribution in [3.8, 4) is 0 Å². The van der Waals surface area contributed by atoms with E-state index in [-0.39, 0.29) is 5.56 Å². The molecule has 0 aliphatic heterocycles. The van der Waals surface area contributed by atoms with E-state index in [9.17, 15) is 8.78 Å². The Morgan fingerprint density at radius 1 is 1.50 bits per heavy atom. The maximum Gasteiger partial charge on any atom is 0.145 e. The molecule has 0 spiro atoms. The van der Waals surface area contributed by atoms with Gasteiger partial charge in [0.2, 0.25) is 0 Å². The Morgan fingerprint density at radius 2 is 2.07 bits per heavy atom.